The summed E-state index contributed by atoms with van der Waals surface area (Å²) in [6.45, 7) is 1.19. The summed E-state index contributed by atoms with van der Waals surface area (Å²) >= 11 is 0. The van der Waals surface area contributed by atoms with Gasteiger partial charge in [-0.15, -0.1) is 0 Å². The summed E-state index contributed by atoms with van der Waals surface area (Å²) in [5.74, 6) is 0. The van der Waals surface area contributed by atoms with Gasteiger partial charge in [-0.3, -0.25) is 0 Å². The van der Waals surface area contributed by atoms with E-state index >= 15 is 0 Å². The summed E-state index contributed by atoms with van der Waals surface area (Å²) in [6, 6.07) is 8.82. The first kappa shape index (κ1) is 9.73. The second-order valence-corrected chi connectivity index (χ2v) is 3.19. The van der Waals surface area contributed by atoms with Crippen molar-refractivity contribution in [3.8, 4) is 0 Å². The van der Waals surface area contributed by atoms with E-state index in [9.17, 15) is 4.79 Å². The smallest absolute Gasteiger partial charge is 0.336 e. The largest absolute Gasteiger partial charge is 0.421 e. The number of hydrogen-bond donors (Lipinski definition) is 2. The van der Waals surface area contributed by atoms with E-state index in [4.69, 9.17) is 10.2 Å². The van der Waals surface area contributed by atoms with E-state index in [0.29, 0.717) is 18.7 Å². The highest BCUT2D eigenvalue weighted by Gasteiger charge is 2.02. The Labute approximate surface area is 86.7 Å². The van der Waals surface area contributed by atoms with Gasteiger partial charge in [0.2, 0.25) is 0 Å². The molecule has 0 saturated carbocycles. The first-order chi connectivity index (χ1) is 7.31. The zero-order valence-corrected chi connectivity index (χ0v) is 8.19. The van der Waals surface area contributed by atoms with Crippen LogP contribution in [0.3, 0.4) is 0 Å². The SMILES string of the molecule is NCCNc1cccc2ccc(=O)oc12. The molecule has 3 N–H and O–H groups in total. The fraction of sp³-hybridized carbons (Fsp3) is 0.182. The molecule has 4 nitrogen and oxygen atoms in total. The van der Waals surface area contributed by atoms with E-state index in [1.165, 1.54) is 6.07 Å². The highest BCUT2D eigenvalue weighted by atomic mass is 16.4. The Kier molecular flexibility index (Phi) is 2.69. The van der Waals surface area contributed by atoms with Gasteiger partial charge in [0, 0.05) is 24.5 Å². The molecule has 0 saturated heterocycles. The van der Waals surface area contributed by atoms with Gasteiger partial charge in [-0.25, -0.2) is 4.79 Å². The lowest BCUT2D eigenvalue weighted by Crippen LogP contribution is -2.13. The summed E-state index contributed by atoms with van der Waals surface area (Å²) in [4.78, 5) is 11.1. The molecule has 0 aliphatic heterocycles. The molecular formula is C11H12N2O2. The molecule has 15 heavy (non-hydrogen) atoms. The third-order valence-corrected chi connectivity index (χ3v) is 2.11. The molecule has 2 rings (SSSR count). The van der Waals surface area contributed by atoms with E-state index in [-0.39, 0.29) is 5.63 Å². The minimum absolute atomic E-state index is 0.343. The molecule has 0 aliphatic rings. The number of benzene rings is 1. The van der Waals surface area contributed by atoms with E-state index in [1.54, 1.807) is 6.07 Å². The van der Waals surface area contributed by atoms with E-state index in [1.807, 2.05) is 18.2 Å². The third kappa shape index (κ3) is 1.99. The number of anilines is 1. The second-order valence-electron chi connectivity index (χ2n) is 3.19. The van der Waals surface area contributed by atoms with Gasteiger partial charge in [-0.1, -0.05) is 12.1 Å². The molecule has 78 valence electrons. The van der Waals surface area contributed by atoms with Crippen LogP contribution in [-0.2, 0) is 0 Å². The maximum Gasteiger partial charge on any atom is 0.336 e. The van der Waals surface area contributed by atoms with Crippen molar-refractivity contribution in [2.45, 2.75) is 0 Å². The number of para-hydroxylation sites is 1. The molecule has 0 atom stereocenters. The molecule has 1 aromatic carbocycles. The zero-order valence-electron chi connectivity index (χ0n) is 8.19. The third-order valence-electron chi connectivity index (χ3n) is 2.11. The Balaban J connectivity index is 2.53. The summed E-state index contributed by atoms with van der Waals surface area (Å²) in [7, 11) is 0. The van der Waals surface area contributed by atoms with Crippen molar-refractivity contribution >= 4 is 16.7 Å². The monoisotopic (exact) mass is 204 g/mol. The number of hydrogen-bond acceptors (Lipinski definition) is 4. The Morgan fingerprint density at radius 1 is 1.27 bits per heavy atom. The first-order valence-corrected chi connectivity index (χ1v) is 4.78. The molecule has 0 fully saturated rings. The molecule has 4 heteroatoms. The molecule has 0 bridgehead atoms. The fourth-order valence-corrected chi connectivity index (χ4v) is 1.44. The van der Waals surface area contributed by atoms with Crippen LogP contribution < -0.4 is 16.7 Å². The van der Waals surface area contributed by atoms with Gasteiger partial charge in [-0.2, -0.15) is 0 Å². The van der Waals surface area contributed by atoms with Gasteiger partial charge in [-0.05, 0) is 12.1 Å². The Bertz CT molecular complexity index is 519. The minimum atomic E-state index is -0.343. The molecule has 2 aromatic rings. The van der Waals surface area contributed by atoms with Gasteiger partial charge in [0.15, 0.2) is 5.58 Å². The van der Waals surface area contributed by atoms with Gasteiger partial charge >= 0.3 is 5.63 Å². The quantitative estimate of drug-likeness (QED) is 0.736. The molecule has 0 unspecified atom stereocenters. The van der Waals surface area contributed by atoms with Crippen molar-refractivity contribution in [3.63, 3.8) is 0 Å². The minimum Gasteiger partial charge on any atom is -0.421 e. The lowest BCUT2D eigenvalue weighted by molar-refractivity contribution is 0.562. The maximum absolute atomic E-state index is 11.1. The molecule has 0 radical (unpaired) electrons. The summed E-state index contributed by atoms with van der Waals surface area (Å²) in [5, 5.41) is 4.01. The number of nitrogens with two attached hydrogens (primary N) is 1. The van der Waals surface area contributed by atoms with Crippen molar-refractivity contribution in [2.75, 3.05) is 18.4 Å². The van der Waals surface area contributed by atoms with Crippen LogP contribution in [0.1, 0.15) is 0 Å². The van der Waals surface area contributed by atoms with Crippen molar-refractivity contribution in [1.29, 1.82) is 0 Å². The summed E-state index contributed by atoms with van der Waals surface area (Å²) < 4.78 is 5.13. The highest BCUT2D eigenvalue weighted by molar-refractivity contribution is 5.88. The average molecular weight is 204 g/mol. The molecule has 0 spiro atoms. The number of rotatable bonds is 3. The lowest BCUT2D eigenvalue weighted by atomic mass is 10.2. The van der Waals surface area contributed by atoms with Gasteiger partial charge in [0.1, 0.15) is 0 Å². The molecule has 0 aliphatic carbocycles. The van der Waals surface area contributed by atoms with Crippen LogP contribution in [0.2, 0.25) is 0 Å². The predicted molar refractivity (Wildman–Crippen MR) is 60.0 cm³/mol. The van der Waals surface area contributed by atoms with Gasteiger partial charge in [0.25, 0.3) is 0 Å². The Hall–Kier alpha value is -1.81. The number of nitrogens with one attached hydrogen (secondary N) is 1. The molecule has 1 heterocycles. The van der Waals surface area contributed by atoms with Crippen LogP contribution in [-0.4, -0.2) is 13.1 Å². The van der Waals surface area contributed by atoms with Crippen LogP contribution in [0.5, 0.6) is 0 Å². The fourth-order valence-electron chi connectivity index (χ4n) is 1.44. The Morgan fingerprint density at radius 3 is 2.93 bits per heavy atom. The van der Waals surface area contributed by atoms with Crippen molar-refractivity contribution in [1.82, 2.24) is 0 Å². The topological polar surface area (TPSA) is 68.3 Å². The average Bonchev–Trinajstić information content (AvgIpc) is 2.26. The Morgan fingerprint density at radius 2 is 2.13 bits per heavy atom. The van der Waals surface area contributed by atoms with E-state index in [2.05, 4.69) is 5.32 Å². The van der Waals surface area contributed by atoms with E-state index in [0.717, 1.165) is 11.1 Å². The summed E-state index contributed by atoms with van der Waals surface area (Å²) in [6.07, 6.45) is 0. The summed E-state index contributed by atoms with van der Waals surface area (Å²) in [5.41, 5.74) is 6.44. The lowest BCUT2D eigenvalue weighted by Gasteiger charge is -2.06. The molecule has 0 amide bonds. The second kappa shape index (κ2) is 4.14. The first-order valence-electron chi connectivity index (χ1n) is 4.78. The standard InChI is InChI=1S/C11H12N2O2/c12-6-7-13-9-3-1-2-8-4-5-10(14)15-11(8)9/h1-5,13H,6-7,12H2. The van der Waals surface area contributed by atoms with Crippen LogP contribution in [0.15, 0.2) is 39.5 Å². The van der Waals surface area contributed by atoms with Gasteiger partial charge < -0.3 is 15.5 Å². The zero-order chi connectivity index (χ0) is 10.7. The van der Waals surface area contributed by atoms with E-state index < -0.39 is 0 Å². The van der Waals surface area contributed by atoms with Crippen molar-refractivity contribution < 1.29 is 4.42 Å². The highest BCUT2D eigenvalue weighted by Crippen LogP contribution is 2.21. The van der Waals surface area contributed by atoms with Crippen molar-refractivity contribution in [2.24, 2.45) is 5.73 Å². The van der Waals surface area contributed by atoms with Crippen LogP contribution in [0.25, 0.3) is 11.0 Å². The number of fused-ring (bicyclic) bond motifs is 1. The van der Waals surface area contributed by atoms with Crippen LogP contribution in [0, 0.1) is 0 Å². The van der Waals surface area contributed by atoms with Gasteiger partial charge in [0.05, 0.1) is 5.69 Å². The maximum atomic E-state index is 11.1. The molecular weight excluding hydrogens is 192 g/mol. The van der Waals surface area contributed by atoms with Crippen LogP contribution >= 0.6 is 0 Å². The van der Waals surface area contributed by atoms with Crippen molar-refractivity contribution in [3.05, 3.63) is 40.8 Å². The normalized spacial score (nSPS) is 10.5. The molecule has 1 aromatic heterocycles. The van der Waals surface area contributed by atoms with Crippen LogP contribution in [0.4, 0.5) is 5.69 Å². The predicted octanol–water partition coefficient (Wildman–Crippen LogP) is 1.16.